The van der Waals surface area contributed by atoms with E-state index in [0.29, 0.717) is 23.2 Å². The third-order valence-corrected chi connectivity index (χ3v) is 4.96. The molecular weight excluding hydrogens is 196 g/mol. The topological polar surface area (TPSA) is 20.2 Å². The lowest BCUT2D eigenvalue weighted by molar-refractivity contribution is 0.0403. The van der Waals surface area contributed by atoms with Crippen LogP contribution in [0.1, 0.15) is 53.4 Å². The van der Waals surface area contributed by atoms with E-state index >= 15 is 0 Å². The van der Waals surface area contributed by atoms with Gasteiger partial charge in [0.1, 0.15) is 0 Å². The predicted octanol–water partition coefficient (Wildman–Crippen LogP) is 3.78. The highest BCUT2D eigenvalue weighted by molar-refractivity contribution is 5.21. The van der Waals surface area contributed by atoms with Crippen LogP contribution in [-0.4, -0.2) is 11.2 Å². The zero-order chi connectivity index (χ0) is 11.9. The van der Waals surface area contributed by atoms with Crippen LogP contribution in [0.3, 0.4) is 0 Å². The third-order valence-electron chi connectivity index (χ3n) is 4.96. The molecule has 4 atom stereocenters. The van der Waals surface area contributed by atoms with E-state index in [2.05, 4.69) is 33.8 Å². The number of aliphatic hydroxyl groups is 1. The molecule has 0 aromatic carbocycles. The third kappa shape index (κ3) is 1.95. The van der Waals surface area contributed by atoms with Gasteiger partial charge in [-0.05, 0) is 42.4 Å². The zero-order valence-electron chi connectivity index (χ0n) is 11.2. The molecule has 0 amide bonds. The molecule has 0 bridgehead atoms. The van der Waals surface area contributed by atoms with Crippen molar-refractivity contribution in [1.29, 1.82) is 0 Å². The Morgan fingerprint density at radius 3 is 2.69 bits per heavy atom. The fourth-order valence-corrected chi connectivity index (χ4v) is 3.75. The van der Waals surface area contributed by atoms with Crippen LogP contribution in [0.5, 0.6) is 0 Å². The van der Waals surface area contributed by atoms with Crippen LogP contribution in [-0.2, 0) is 0 Å². The number of hydrogen-bond acceptors (Lipinski definition) is 1. The van der Waals surface area contributed by atoms with Crippen molar-refractivity contribution in [2.75, 3.05) is 0 Å². The van der Waals surface area contributed by atoms with Gasteiger partial charge < -0.3 is 5.11 Å². The van der Waals surface area contributed by atoms with E-state index in [-0.39, 0.29) is 6.10 Å². The maximum Gasteiger partial charge on any atom is 0.0599 e. The Balaban J connectivity index is 2.32. The second kappa shape index (κ2) is 4.18. The van der Waals surface area contributed by atoms with Crippen molar-refractivity contribution >= 4 is 0 Å². The number of aliphatic hydroxyl groups excluding tert-OH is 1. The summed E-state index contributed by atoms with van der Waals surface area (Å²) < 4.78 is 0. The molecule has 1 saturated carbocycles. The van der Waals surface area contributed by atoms with E-state index in [1.54, 1.807) is 5.57 Å². The number of rotatable bonds is 0. The van der Waals surface area contributed by atoms with Gasteiger partial charge in [-0.15, -0.1) is 0 Å². The maximum absolute atomic E-state index is 10.3. The molecule has 3 unspecified atom stereocenters. The standard InChI is InChI=1S/C15H26O/c1-10-7-8-13-12(11(2)14(10)16)6-5-9-15(13,3)4/h8,10-12,14,16H,5-7,9H2,1-4H3/t10-,11?,12?,14?/m1/s1. The second-order valence-electron chi connectivity index (χ2n) is 6.60. The first-order chi connectivity index (χ1) is 7.43. The largest absolute Gasteiger partial charge is 0.393 e. The molecule has 0 aromatic heterocycles. The quantitative estimate of drug-likeness (QED) is 0.618. The summed E-state index contributed by atoms with van der Waals surface area (Å²) in [6.45, 7) is 9.18. The SMILES string of the molecule is CC1C2CCCC(C)(C)C2=CC[C@@H](C)C1O. The van der Waals surface area contributed by atoms with Gasteiger partial charge in [0.2, 0.25) is 0 Å². The van der Waals surface area contributed by atoms with Crippen LogP contribution >= 0.6 is 0 Å². The van der Waals surface area contributed by atoms with Crippen LogP contribution in [0, 0.1) is 23.2 Å². The van der Waals surface area contributed by atoms with Crippen molar-refractivity contribution in [2.45, 2.75) is 59.5 Å². The van der Waals surface area contributed by atoms with Gasteiger partial charge in [0.05, 0.1) is 6.10 Å². The van der Waals surface area contributed by atoms with Crippen LogP contribution < -0.4 is 0 Å². The summed E-state index contributed by atoms with van der Waals surface area (Å²) in [5.41, 5.74) is 2.00. The molecule has 2 rings (SSSR count). The van der Waals surface area contributed by atoms with E-state index in [4.69, 9.17) is 0 Å². The van der Waals surface area contributed by atoms with Crippen molar-refractivity contribution < 1.29 is 5.11 Å². The second-order valence-corrected chi connectivity index (χ2v) is 6.60. The zero-order valence-corrected chi connectivity index (χ0v) is 11.2. The Morgan fingerprint density at radius 1 is 1.31 bits per heavy atom. The van der Waals surface area contributed by atoms with Crippen LogP contribution in [0.2, 0.25) is 0 Å². The van der Waals surface area contributed by atoms with Crippen molar-refractivity contribution in [1.82, 2.24) is 0 Å². The highest BCUT2D eigenvalue weighted by Gasteiger charge is 2.40. The van der Waals surface area contributed by atoms with Crippen molar-refractivity contribution in [3.63, 3.8) is 0 Å². The Kier molecular flexibility index (Phi) is 3.18. The monoisotopic (exact) mass is 222 g/mol. The van der Waals surface area contributed by atoms with Crippen molar-refractivity contribution in [3.05, 3.63) is 11.6 Å². The van der Waals surface area contributed by atoms with Gasteiger partial charge in [-0.1, -0.05) is 45.8 Å². The van der Waals surface area contributed by atoms with Crippen molar-refractivity contribution in [3.8, 4) is 0 Å². The van der Waals surface area contributed by atoms with Gasteiger partial charge in [0.25, 0.3) is 0 Å². The highest BCUT2D eigenvalue weighted by atomic mass is 16.3. The average molecular weight is 222 g/mol. The minimum absolute atomic E-state index is 0.118. The number of allylic oxidation sites excluding steroid dienone is 2. The van der Waals surface area contributed by atoms with E-state index < -0.39 is 0 Å². The molecule has 1 fully saturated rings. The van der Waals surface area contributed by atoms with Crippen LogP contribution in [0.15, 0.2) is 11.6 Å². The molecule has 0 aromatic rings. The molecule has 0 spiro atoms. The number of fused-ring (bicyclic) bond motifs is 1. The first-order valence-corrected chi connectivity index (χ1v) is 6.82. The summed E-state index contributed by atoms with van der Waals surface area (Å²) in [6, 6.07) is 0. The molecule has 1 nitrogen and oxygen atoms in total. The van der Waals surface area contributed by atoms with Gasteiger partial charge in [0.15, 0.2) is 0 Å². The minimum Gasteiger partial charge on any atom is -0.393 e. The minimum atomic E-state index is -0.118. The lowest BCUT2D eigenvalue weighted by Gasteiger charge is -2.41. The summed E-state index contributed by atoms with van der Waals surface area (Å²) in [7, 11) is 0. The molecule has 0 saturated heterocycles. The lowest BCUT2D eigenvalue weighted by atomic mass is 9.64. The number of hydrogen-bond donors (Lipinski definition) is 1. The fourth-order valence-electron chi connectivity index (χ4n) is 3.75. The van der Waals surface area contributed by atoms with Crippen molar-refractivity contribution in [2.24, 2.45) is 23.2 Å². The first-order valence-electron chi connectivity index (χ1n) is 6.82. The molecule has 0 radical (unpaired) electrons. The Labute approximate surface area is 99.9 Å². The summed E-state index contributed by atoms with van der Waals surface area (Å²) >= 11 is 0. The fraction of sp³-hybridized carbons (Fsp3) is 0.867. The summed E-state index contributed by atoms with van der Waals surface area (Å²) in [5, 5.41) is 10.3. The maximum atomic E-state index is 10.3. The summed E-state index contributed by atoms with van der Waals surface area (Å²) in [5.74, 6) is 1.48. The molecular formula is C15H26O. The summed E-state index contributed by atoms with van der Waals surface area (Å²) in [4.78, 5) is 0. The van der Waals surface area contributed by atoms with Crippen LogP contribution in [0.25, 0.3) is 0 Å². The van der Waals surface area contributed by atoms with Gasteiger partial charge >= 0.3 is 0 Å². The summed E-state index contributed by atoms with van der Waals surface area (Å²) in [6.07, 6.45) is 7.29. The smallest absolute Gasteiger partial charge is 0.0599 e. The molecule has 0 heterocycles. The lowest BCUT2D eigenvalue weighted by Crippen LogP contribution is -2.35. The molecule has 1 N–H and O–H groups in total. The Bertz CT molecular complexity index is 290. The molecule has 0 aliphatic heterocycles. The molecule has 2 aliphatic rings. The average Bonchev–Trinajstić information content (AvgIpc) is 2.32. The molecule has 92 valence electrons. The molecule has 1 heteroatoms. The van der Waals surface area contributed by atoms with Crippen LogP contribution in [0.4, 0.5) is 0 Å². The van der Waals surface area contributed by atoms with E-state index in [9.17, 15) is 5.11 Å². The highest BCUT2D eigenvalue weighted by Crippen LogP contribution is 2.49. The van der Waals surface area contributed by atoms with Gasteiger partial charge in [-0.2, -0.15) is 0 Å². The Hall–Kier alpha value is -0.300. The van der Waals surface area contributed by atoms with E-state index in [1.807, 2.05) is 0 Å². The Morgan fingerprint density at radius 2 is 2.00 bits per heavy atom. The van der Waals surface area contributed by atoms with Gasteiger partial charge in [0, 0.05) is 0 Å². The molecule has 16 heavy (non-hydrogen) atoms. The normalized spacial score (nSPS) is 43.2. The van der Waals surface area contributed by atoms with E-state index in [1.165, 1.54) is 19.3 Å². The van der Waals surface area contributed by atoms with Gasteiger partial charge in [-0.25, -0.2) is 0 Å². The van der Waals surface area contributed by atoms with Gasteiger partial charge in [-0.3, -0.25) is 0 Å². The van der Waals surface area contributed by atoms with E-state index in [0.717, 1.165) is 6.42 Å². The first kappa shape index (κ1) is 12.2. The predicted molar refractivity (Wildman–Crippen MR) is 68.2 cm³/mol. The molecule has 2 aliphatic carbocycles.